The van der Waals surface area contributed by atoms with E-state index < -0.39 is 0 Å². The third-order valence-electron chi connectivity index (χ3n) is 2.30. The fourth-order valence-corrected chi connectivity index (χ4v) is 1.46. The first-order valence-corrected chi connectivity index (χ1v) is 5.07. The Kier molecular flexibility index (Phi) is 4.60. The van der Waals surface area contributed by atoms with Gasteiger partial charge in [-0.25, -0.2) is 0 Å². The van der Waals surface area contributed by atoms with E-state index in [0.29, 0.717) is 6.42 Å². The maximum Gasteiger partial charge on any atom is 0.0906 e. The van der Waals surface area contributed by atoms with Gasteiger partial charge in [0.15, 0.2) is 0 Å². The van der Waals surface area contributed by atoms with Gasteiger partial charge < -0.3 is 5.32 Å². The summed E-state index contributed by atoms with van der Waals surface area (Å²) < 4.78 is 11.8. The largest absolute Gasteiger partial charge is 0.313 e. The molecule has 78 valence electrons. The first-order valence-electron chi connectivity index (χ1n) is 5.07. The second-order valence-electron chi connectivity index (χ2n) is 3.65. The molecule has 0 fully saturated rings. The van der Waals surface area contributed by atoms with Crippen LogP contribution in [0, 0.1) is 13.8 Å². The number of halogens is 1. The fraction of sp³-hybridized carbons (Fsp3) is 0.500. The number of hydrogen-bond donors (Lipinski definition) is 1. The molecule has 1 N–H and O–H groups in total. The minimum absolute atomic E-state index is 0.236. The van der Waals surface area contributed by atoms with Crippen LogP contribution in [0.3, 0.4) is 0 Å². The van der Waals surface area contributed by atoms with E-state index in [0.717, 1.165) is 13.1 Å². The van der Waals surface area contributed by atoms with Crippen molar-refractivity contribution in [1.29, 1.82) is 0 Å². The zero-order chi connectivity index (χ0) is 10.4. The van der Waals surface area contributed by atoms with E-state index in [4.69, 9.17) is 0 Å². The van der Waals surface area contributed by atoms with Crippen LogP contribution in [0.25, 0.3) is 0 Å². The number of rotatable bonds is 5. The van der Waals surface area contributed by atoms with Gasteiger partial charge in [0, 0.05) is 6.54 Å². The SMILES string of the molecule is Cc1ccc(CNCCCF)c(C)c1. The summed E-state index contributed by atoms with van der Waals surface area (Å²) in [4.78, 5) is 0. The third-order valence-corrected chi connectivity index (χ3v) is 2.30. The Morgan fingerprint density at radius 1 is 1.29 bits per heavy atom. The number of alkyl halides is 1. The monoisotopic (exact) mass is 195 g/mol. The van der Waals surface area contributed by atoms with Crippen molar-refractivity contribution in [2.75, 3.05) is 13.2 Å². The second kappa shape index (κ2) is 5.76. The van der Waals surface area contributed by atoms with Gasteiger partial charge in [-0.2, -0.15) is 0 Å². The maximum atomic E-state index is 11.8. The van der Waals surface area contributed by atoms with Gasteiger partial charge in [0.1, 0.15) is 0 Å². The van der Waals surface area contributed by atoms with Crippen LogP contribution in [-0.4, -0.2) is 13.2 Å². The normalized spacial score (nSPS) is 10.5. The van der Waals surface area contributed by atoms with Crippen molar-refractivity contribution < 1.29 is 4.39 Å². The summed E-state index contributed by atoms with van der Waals surface area (Å²) in [5.41, 5.74) is 3.89. The van der Waals surface area contributed by atoms with Crippen LogP contribution in [0.4, 0.5) is 4.39 Å². The molecule has 0 unspecified atom stereocenters. The highest BCUT2D eigenvalue weighted by molar-refractivity contribution is 5.30. The van der Waals surface area contributed by atoms with Gasteiger partial charge in [-0.15, -0.1) is 0 Å². The van der Waals surface area contributed by atoms with Crippen LogP contribution < -0.4 is 5.32 Å². The predicted molar refractivity (Wildman–Crippen MR) is 58.2 cm³/mol. The highest BCUT2D eigenvalue weighted by Gasteiger charge is 1.97. The average Bonchev–Trinajstić information content (AvgIpc) is 2.15. The lowest BCUT2D eigenvalue weighted by molar-refractivity contribution is 0.459. The van der Waals surface area contributed by atoms with E-state index in [1.54, 1.807) is 0 Å². The van der Waals surface area contributed by atoms with Crippen LogP contribution in [-0.2, 0) is 6.54 Å². The van der Waals surface area contributed by atoms with E-state index in [-0.39, 0.29) is 6.67 Å². The Balaban J connectivity index is 2.42. The molecule has 0 aliphatic heterocycles. The van der Waals surface area contributed by atoms with E-state index in [2.05, 4.69) is 37.4 Å². The van der Waals surface area contributed by atoms with Crippen LogP contribution in [0.15, 0.2) is 18.2 Å². The molecule has 0 bridgehead atoms. The van der Waals surface area contributed by atoms with Crippen LogP contribution in [0.5, 0.6) is 0 Å². The van der Waals surface area contributed by atoms with Crippen LogP contribution in [0.1, 0.15) is 23.1 Å². The van der Waals surface area contributed by atoms with Crippen LogP contribution in [0.2, 0.25) is 0 Å². The zero-order valence-electron chi connectivity index (χ0n) is 8.94. The first kappa shape index (κ1) is 11.2. The molecule has 2 heteroatoms. The summed E-state index contributed by atoms with van der Waals surface area (Å²) in [7, 11) is 0. The molecule has 14 heavy (non-hydrogen) atoms. The molecule has 1 aromatic rings. The number of nitrogens with one attached hydrogen (secondary N) is 1. The molecular weight excluding hydrogens is 177 g/mol. The Bertz CT molecular complexity index is 284. The second-order valence-corrected chi connectivity index (χ2v) is 3.65. The maximum absolute atomic E-state index is 11.8. The average molecular weight is 195 g/mol. The van der Waals surface area contributed by atoms with Gasteiger partial charge in [0.25, 0.3) is 0 Å². The van der Waals surface area contributed by atoms with Crippen molar-refractivity contribution in [3.63, 3.8) is 0 Å². The lowest BCUT2D eigenvalue weighted by Crippen LogP contribution is -2.15. The van der Waals surface area contributed by atoms with E-state index >= 15 is 0 Å². The van der Waals surface area contributed by atoms with Gasteiger partial charge >= 0.3 is 0 Å². The van der Waals surface area contributed by atoms with Gasteiger partial charge in [0.05, 0.1) is 6.67 Å². The van der Waals surface area contributed by atoms with Crippen molar-refractivity contribution in [3.8, 4) is 0 Å². The van der Waals surface area contributed by atoms with Crippen LogP contribution >= 0.6 is 0 Å². The first-order chi connectivity index (χ1) is 6.74. The van der Waals surface area contributed by atoms with Gasteiger partial charge in [-0.05, 0) is 37.9 Å². The topological polar surface area (TPSA) is 12.0 Å². The molecule has 0 heterocycles. The van der Waals surface area contributed by atoms with Crippen molar-refractivity contribution in [2.45, 2.75) is 26.8 Å². The van der Waals surface area contributed by atoms with Crippen molar-refractivity contribution >= 4 is 0 Å². The number of benzene rings is 1. The minimum atomic E-state index is -0.236. The van der Waals surface area contributed by atoms with Gasteiger partial charge in [-0.1, -0.05) is 23.8 Å². The standard InChI is InChI=1S/C12H18FN/c1-10-4-5-12(11(2)8-10)9-14-7-3-6-13/h4-5,8,14H,3,6-7,9H2,1-2H3. The van der Waals surface area contributed by atoms with Gasteiger partial charge in [-0.3, -0.25) is 4.39 Å². The molecule has 0 aromatic heterocycles. The Morgan fingerprint density at radius 2 is 2.07 bits per heavy atom. The fourth-order valence-electron chi connectivity index (χ4n) is 1.46. The Labute approximate surface area is 85.3 Å². The van der Waals surface area contributed by atoms with Crippen molar-refractivity contribution in [2.24, 2.45) is 0 Å². The summed E-state index contributed by atoms with van der Waals surface area (Å²) in [5.74, 6) is 0. The van der Waals surface area contributed by atoms with Crippen molar-refractivity contribution in [3.05, 3.63) is 34.9 Å². The molecule has 0 spiro atoms. The summed E-state index contributed by atoms with van der Waals surface area (Å²) in [6, 6.07) is 6.42. The number of hydrogen-bond acceptors (Lipinski definition) is 1. The smallest absolute Gasteiger partial charge is 0.0906 e. The Morgan fingerprint density at radius 3 is 2.71 bits per heavy atom. The molecule has 0 saturated heterocycles. The lowest BCUT2D eigenvalue weighted by Gasteiger charge is -2.07. The molecular formula is C12H18FN. The quantitative estimate of drug-likeness (QED) is 0.712. The Hall–Kier alpha value is -0.890. The zero-order valence-corrected chi connectivity index (χ0v) is 8.94. The summed E-state index contributed by atoms with van der Waals surface area (Å²) in [6.07, 6.45) is 0.602. The molecule has 0 aliphatic rings. The molecule has 0 amide bonds. The molecule has 1 aromatic carbocycles. The molecule has 0 atom stereocenters. The highest BCUT2D eigenvalue weighted by Crippen LogP contribution is 2.09. The molecule has 0 saturated carbocycles. The van der Waals surface area contributed by atoms with E-state index in [1.165, 1.54) is 16.7 Å². The molecule has 1 nitrogen and oxygen atoms in total. The lowest BCUT2D eigenvalue weighted by atomic mass is 10.1. The predicted octanol–water partition coefficient (Wildman–Crippen LogP) is 2.75. The number of aryl methyl sites for hydroxylation is 2. The molecule has 0 radical (unpaired) electrons. The summed E-state index contributed by atoms with van der Waals surface area (Å²) in [6.45, 7) is 5.56. The minimum Gasteiger partial charge on any atom is -0.313 e. The molecule has 1 rings (SSSR count). The van der Waals surface area contributed by atoms with Crippen molar-refractivity contribution in [1.82, 2.24) is 5.32 Å². The van der Waals surface area contributed by atoms with E-state index in [1.807, 2.05) is 0 Å². The molecule has 0 aliphatic carbocycles. The third kappa shape index (κ3) is 3.46. The van der Waals surface area contributed by atoms with E-state index in [9.17, 15) is 4.39 Å². The van der Waals surface area contributed by atoms with Gasteiger partial charge in [0.2, 0.25) is 0 Å². The highest BCUT2D eigenvalue weighted by atomic mass is 19.1. The summed E-state index contributed by atoms with van der Waals surface area (Å²) >= 11 is 0. The summed E-state index contributed by atoms with van der Waals surface area (Å²) in [5, 5.41) is 3.22.